The van der Waals surface area contributed by atoms with E-state index in [1.165, 1.54) is 14.2 Å². The van der Waals surface area contributed by atoms with Gasteiger partial charge in [-0.1, -0.05) is 12.2 Å². The highest BCUT2D eigenvalue weighted by Crippen LogP contribution is 2.41. The number of allylic oxidation sites excluding steroid dienone is 2. The summed E-state index contributed by atoms with van der Waals surface area (Å²) in [6.45, 7) is 0. The van der Waals surface area contributed by atoms with E-state index < -0.39 is 12.2 Å². The second kappa shape index (κ2) is 8.31. The summed E-state index contributed by atoms with van der Waals surface area (Å²) < 4.78 is 9.25. The Morgan fingerprint density at radius 2 is 1.52 bits per heavy atom. The lowest BCUT2D eigenvalue weighted by atomic mass is 9.88. The molecule has 0 aliphatic heterocycles. The third-order valence-electron chi connectivity index (χ3n) is 4.31. The number of amides is 2. The van der Waals surface area contributed by atoms with Crippen molar-refractivity contribution in [2.75, 3.05) is 24.9 Å². The van der Waals surface area contributed by atoms with Crippen molar-refractivity contribution in [3.63, 3.8) is 0 Å². The van der Waals surface area contributed by atoms with Gasteiger partial charge in [0.05, 0.1) is 14.2 Å². The topological polar surface area (TPSA) is 102 Å². The monoisotopic (exact) mass is 368 g/mol. The molecule has 0 saturated carbocycles. The summed E-state index contributed by atoms with van der Waals surface area (Å²) in [6, 6.07) is 7.06. The Morgan fingerprint density at radius 3 is 2.11 bits per heavy atom. The van der Waals surface area contributed by atoms with Crippen LogP contribution in [0.25, 0.3) is 0 Å². The molecule has 0 fully saturated rings. The number of anilines is 2. The molecule has 0 saturated heterocycles. The molecule has 1 aliphatic carbocycles. The van der Waals surface area contributed by atoms with Crippen molar-refractivity contribution in [1.29, 1.82) is 0 Å². The van der Waals surface area contributed by atoms with Crippen molar-refractivity contribution in [2.24, 2.45) is 0 Å². The van der Waals surface area contributed by atoms with Gasteiger partial charge in [-0.05, 0) is 30.7 Å². The summed E-state index contributed by atoms with van der Waals surface area (Å²) in [4.78, 5) is 31.8. The first kappa shape index (κ1) is 18.4. The zero-order valence-corrected chi connectivity index (χ0v) is 15.0. The maximum atomic E-state index is 11.4. The summed E-state index contributed by atoms with van der Waals surface area (Å²) in [7, 11) is 2.63. The van der Waals surface area contributed by atoms with Crippen LogP contribution in [0.3, 0.4) is 0 Å². The fourth-order valence-corrected chi connectivity index (χ4v) is 3.04. The number of hydrogen-bond donors (Lipinski definition) is 2. The van der Waals surface area contributed by atoms with Crippen LogP contribution in [0.15, 0.2) is 48.8 Å². The van der Waals surface area contributed by atoms with Crippen molar-refractivity contribution < 1.29 is 19.1 Å². The number of aromatic nitrogens is 2. The van der Waals surface area contributed by atoms with Crippen LogP contribution in [0.2, 0.25) is 0 Å². The average molecular weight is 368 g/mol. The number of nitrogens with zero attached hydrogens (tertiary/aromatic N) is 2. The Kier molecular flexibility index (Phi) is 5.65. The number of hydrogen-bond acceptors (Lipinski definition) is 6. The first-order valence-corrected chi connectivity index (χ1v) is 8.39. The lowest BCUT2D eigenvalue weighted by molar-refractivity contribution is 0.186. The van der Waals surface area contributed by atoms with E-state index >= 15 is 0 Å². The van der Waals surface area contributed by atoms with Gasteiger partial charge in [0, 0.05) is 47.0 Å². The molecule has 8 nitrogen and oxygen atoms in total. The normalized spacial score (nSPS) is 18.0. The van der Waals surface area contributed by atoms with Gasteiger partial charge in [-0.3, -0.25) is 20.6 Å². The fraction of sp³-hybridized carbons (Fsp3) is 0.263. The molecule has 27 heavy (non-hydrogen) atoms. The number of rotatable bonds is 4. The highest BCUT2D eigenvalue weighted by molar-refractivity contribution is 5.85. The Morgan fingerprint density at radius 1 is 0.963 bits per heavy atom. The average Bonchev–Trinajstić information content (AvgIpc) is 3.18. The van der Waals surface area contributed by atoms with Crippen LogP contribution in [-0.4, -0.2) is 36.4 Å². The molecule has 8 heteroatoms. The van der Waals surface area contributed by atoms with Gasteiger partial charge in [-0.2, -0.15) is 0 Å². The van der Waals surface area contributed by atoms with Crippen molar-refractivity contribution in [2.45, 2.75) is 18.3 Å². The molecule has 2 atom stereocenters. The molecule has 0 bridgehead atoms. The molecular weight excluding hydrogens is 348 g/mol. The molecule has 2 N–H and O–H groups in total. The molecule has 0 aromatic carbocycles. The maximum absolute atomic E-state index is 11.4. The molecule has 2 heterocycles. The third-order valence-corrected chi connectivity index (χ3v) is 4.31. The van der Waals surface area contributed by atoms with E-state index in [0.29, 0.717) is 11.4 Å². The number of nitrogens with one attached hydrogen (secondary N) is 2. The second-order valence-electron chi connectivity index (χ2n) is 5.97. The molecule has 2 aromatic heterocycles. The molecule has 3 rings (SSSR count). The van der Waals surface area contributed by atoms with Gasteiger partial charge in [0.2, 0.25) is 0 Å². The number of methoxy groups -OCH3 is 2. The van der Waals surface area contributed by atoms with Crippen LogP contribution in [0, 0.1) is 0 Å². The molecule has 2 aromatic rings. The quantitative estimate of drug-likeness (QED) is 0.799. The minimum absolute atomic E-state index is 0.00488. The fourth-order valence-electron chi connectivity index (χ4n) is 3.04. The van der Waals surface area contributed by atoms with Gasteiger partial charge in [0.25, 0.3) is 0 Å². The summed E-state index contributed by atoms with van der Waals surface area (Å²) in [5.74, 6) is 0.0792. The highest BCUT2D eigenvalue weighted by atomic mass is 16.5. The van der Waals surface area contributed by atoms with Crippen LogP contribution in [0.5, 0.6) is 0 Å². The predicted molar refractivity (Wildman–Crippen MR) is 99.8 cm³/mol. The van der Waals surface area contributed by atoms with Crippen molar-refractivity contribution in [3.8, 4) is 0 Å². The molecule has 0 radical (unpaired) electrons. The third kappa shape index (κ3) is 4.41. The van der Waals surface area contributed by atoms with Gasteiger partial charge < -0.3 is 9.47 Å². The summed E-state index contributed by atoms with van der Waals surface area (Å²) in [5.41, 5.74) is 2.88. The highest BCUT2D eigenvalue weighted by Gasteiger charge is 2.28. The van der Waals surface area contributed by atoms with Gasteiger partial charge in [0.1, 0.15) is 0 Å². The van der Waals surface area contributed by atoms with Gasteiger partial charge in [-0.25, -0.2) is 9.59 Å². The van der Waals surface area contributed by atoms with Crippen LogP contribution in [-0.2, 0) is 9.47 Å². The van der Waals surface area contributed by atoms with E-state index in [2.05, 4.69) is 42.2 Å². The van der Waals surface area contributed by atoms with Gasteiger partial charge in [0.15, 0.2) is 0 Å². The van der Waals surface area contributed by atoms with Crippen LogP contribution < -0.4 is 10.6 Å². The first-order valence-electron chi connectivity index (χ1n) is 8.39. The summed E-state index contributed by atoms with van der Waals surface area (Å²) in [5, 5.41) is 5.29. The minimum Gasteiger partial charge on any atom is -0.453 e. The largest absolute Gasteiger partial charge is 0.453 e. The second-order valence-corrected chi connectivity index (χ2v) is 5.97. The maximum Gasteiger partial charge on any atom is 0.411 e. The Labute approximate surface area is 156 Å². The summed E-state index contributed by atoms with van der Waals surface area (Å²) in [6.07, 6.45) is 7.20. The predicted octanol–water partition coefficient (Wildman–Crippen LogP) is 3.66. The van der Waals surface area contributed by atoms with Crippen LogP contribution in [0.4, 0.5) is 21.0 Å². The number of carbonyl (C=O) groups is 2. The van der Waals surface area contributed by atoms with Crippen LogP contribution in [0.1, 0.15) is 29.6 Å². The molecule has 0 spiro atoms. The Balaban J connectivity index is 1.82. The molecular formula is C19H20N4O4. The zero-order chi connectivity index (χ0) is 19.2. The van der Waals surface area contributed by atoms with E-state index in [4.69, 9.17) is 0 Å². The lowest BCUT2D eigenvalue weighted by Crippen LogP contribution is -2.14. The molecule has 1 aliphatic rings. The Bertz CT molecular complexity index is 868. The van der Waals surface area contributed by atoms with E-state index in [1.54, 1.807) is 24.5 Å². The number of pyridine rings is 2. The lowest BCUT2D eigenvalue weighted by Gasteiger charge is -2.19. The number of ether oxygens (including phenoxy) is 2. The van der Waals surface area contributed by atoms with E-state index in [9.17, 15) is 9.59 Å². The minimum atomic E-state index is -0.533. The molecule has 2 unspecified atom stereocenters. The van der Waals surface area contributed by atoms with E-state index in [-0.39, 0.29) is 11.8 Å². The smallest absolute Gasteiger partial charge is 0.411 e. The van der Waals surface area contributed by atoms with Gasteiger partial charge in [-0.15, -0.1) is 0 Å². The van der Waals surface area contributed by atoms with Crippen LogP contribution >= 0.6 is 0 Å². The van der Waals surface area contributed by atoms with Gasteiger partial charge >= 0.3 is 12.2 Å². The first-order chi connectivity index (χ1) is 13.1. The Hall–Kier alpha value is -3.42. The van der Waals surface area contributed by atoms with E-state index in [1.807, 2.05) is 12.1 Å². The standard InChI is InChI=1S/C19H20N4O4/c1-26-18(24)22-12-6-8-20-16(10-12)14-4-3-5-15(14)17-11-13(7-9-21-17)23-19(25)27-2/h3-4,6-11,14-15H,5H2,1-2H3,(H,20,22,24)(H,21,23,25). The molecule has 2 amide bonds. The van der Waals surface area contributed by atoms with Crippen molar-refractivity contribution in [1.82, 2.24) is 9.97 Å². The van der Waals surface area contributed by atoms with Crippen molar-refractivity contribution in [3.05, 3.63) is 60.2 Å². The van der Waals surface area contributed by atoms with Crippen molar-refractivity contribution >= 4 is 23.6 Å². The SMILES string of the molecule is COC(=O)Nc1ccnc(C2C=CCC2c2cc(NC(=O)OC)ccn2)c1. The zero-order valence-electron chi connectivity index (χ0n) is 15.0. The number of carbonyl (C=O) groups excluding carboxylic acids is 2. The molecule has 140 valence electrons. The van der Waals surface area contributed by atoms with E-state index in [0.717, 1.165) is 17.8 Å². The summed E-state index contributed by atoms with van der Waals surface area (Å²) >= 11 is 0.